The van der Waals surface area contributed by atoms with Crippen LogP contribution in [-0.2, 0) is 13.0 Å². The predicted molar refractivity (Wildman–Crippen MR) is 117 cm³/mol. The number of methoxy groups -OCH3 is 1. The largest absolute Gasteiger partial charge is 0.497 e. The van der Waals surface area contributed by atoms with Crippen molar-refractivity contribution in [2.45, 2.75) is 19.9 Å². The Kier molecular flexibility index (Phi) is 5.53. The van der Waals surface area contributed by atoms with E-state index < -0.39 is 0 Å². The van der Waals surface area contributed by atoms with Crippen LogP contribution in [0.2, 0.25) is 0 Å². The van der Waals surface area contributed by atoms with E-state index in [1.165, 1.54) is 0 Å². The Hall–Kier alpha value is -3.60. The highest BCUT2D eigenvalue weighted by Gasteiger charge is 2.26. The summed E-state index contributed by atoms with van der Waals surface area (Å²) in [5.41, 5.74) is 5.34. The fourth-order valence-electron chi connectivity index (χ4n) is 3.71. The third-order valence-corrected chi connectivity index (χ3v) is 5.36. The lowest BCUT2D eigenvalue weighted by Gasteiger charge is -2.18. The molecule has 0 saturated carbocycles. The minimum Gasteiger partial charge on any atom is -0.497 e. The van der Waals surface area contributed by atoms with E-state index in [-0.39, 0.29) is 11.8 Å². The minimum atomic E-state index is -0.106. The summed E-state index contributed by atoms with van der Waals surface area (Å²) in [5.74, 6) is 0.586. The third-order valence-electron chi connectivity index (χ3n) is 5.36. The quantitative estimate of drug-likeness (QED) is 0.700. The number of nitrogens with zero attached hydrogens (tertiary/aromatic N) is 1. The summed E-state index contributed by atoms with van der Waals surface area (Å²) in [6.45, 7) is 3.02. The van der Waals surface area contributed by atoms with E-state index in [2.05, 4.69) is 5.32 Å². The molecule has 1 aliphatic rings. The van der Waals surface area contributed by atoms with Crippen molar-refractivity contribution in [1.29, 1.82) is 0 Å². The van der Waals surface area contributed by atoms with Crippen molar-refractivity contribution in [3.63, 3.8) is 0 Å². The van der Waals surface area contributed by atoms with Crippen LogP contribution < -0.4 is 15.0 Å². The van der Waals surface area contributed by atoms with Gasteiger partial charge in [-0.1, -0.05) is 29.8 Å². The number of ether oxygens (including phenoxy) is 1. The lowest BCUT2D eigenvalue weighted by Crippen LogP contribution is -2.29. The molecule has 5 heteroatoms. The highest BCUT2D eigenvalue weighted by molar-refractivity contribution is 6.07. The van der Waals surface area contributed by atoms with Gasteiger partial charge in [0.15, 0.2) is 0 Å². The average molecular weight is 400 g/mol. The number of amides is 2. The van der Waals surface area contributed by atoms with Crippen molar-refractivity contribution < 1.29 is 14.3 Å². The van der Waals surface area contributed by atoms with Crippen molar-refractivity contribution in [2.75, 3.05) is 18.6 Å². The first kappa shape index (κ1) is 19.7. The average Bonchev–Trinajstić information content (AvgIpc) is 3.20. The number of nitrogens with one attached hydrogen (secondary N) is 1. The summed E-state index contributed by atoms with van der Waals surface area (Å²) in [4.78, 5) is 27.3. The first-order valence-electron chi connectivity index (χ1n) is 9.98. The van der Waals surface area contributed by atoms with E-state index in [0.29, 0.717) is 24.2 Å². The van der Waals surface area contributed by atoms with E-state index in [1.54, 1.807) is 37.4 Å². The summed E-state index contributed by atoms with van der Waals surface area (Å²) in [5, 5.41) is 2.97. The Labute approximate surface area is 176 Å². The molecule has 0 atom stereocenters. The van der Waals surface area contributed by atoms with Crippen LogP contribution in [0.4, 0.5) is 5.69 Å². The molecular formula is C25H24N2O3. The van der Waals surface area contributed by atoms with Gasteiger partial charge in [-0.25, -0.2) is 0 Å². The second kappa shape index (κ2) is 8.41. The maximum atomic E-state index is 13.0. The molecule has 1 aliphatic heterocycles. The Balaban J connectivity index is 1.48. The van der Waals surface area contributed by atoms with Crippen LogP contribution in [0.3, 0.4) is 0 Å². The Bertz CT molecular complexity index is 1090. The van der Waals surface area contributed by atoms with Crippen molar-refractivity contribution >= 4 is 17.5 Å². The van der Waals surface area contributed by atoms with Crippen molar-refractivity contribution in [3.8, 4) is 5.75 Å². The second-order valence-electron chi connectivity index (χ2n) is 7.45. The van der Waals surface area contributed by atoms with Crippen LogP contribution in [0.15, 0.2) is 66.7 Å². The van der Waals surface area contributed by atoms with E-state index in [1.807, 2.05) is 48.2 Å². The van der Waals surface area contributed by atoms with Gasteiger partial charge in [0.05, 0.1) is 7.11 Å². The number of carbonyl (C=O) groups excluding carboxylic acids is 2. The highest BCUT2D eigenvalue weighted by Crippen LogP contribution is 2.30. The zero-order chi connectivity index (χ0) is 21.1. The number of rotatable bonds is 5. The van der Waals surface area contributed by atoms with Crippen LogP contribution >= 0.6 is 0 Å². The summed E-state index contributed by atoms with van der Waals surface area (Å²) in [6.07, 6.45) is 0.827. The smallest absolute Gasteiger partial charge is 0.258 e. The normalized spacial score (nSPS) is 12.4. The van der Waals surface area contributed by atoms with E-state index in [4.69, 9.17) is 4.74 Å². The molecule has 4 rings (SSSR count). The number of carbonyl (C=O) groups is 2. The minimum absolute atomic E-state index is 0.0302. The zero-order valence-electron chi connectivity index (χ0n) is 17.1. The molecule has 3 aromatic rings. The molecule has 0 bridgehead atoms. The molecule has 30 heavy (non-hydrogen) atoms. The molecule has 3 aromatic carbocycles. The number of aryl methyl sites for hydroxylation is 1. The van der Waals surface area contributed by atoms with Gasteiger partial charge in [-0.3, -0.25) is 9.59 Å². The fourth-order valence-corrected chi connectivity index (χ4v) is 3.71. The molecular weight excluding hydrogens is 376 g/mol. The Morgan fingerprint density at radius 1 is 1.00 bits per heavy atom. The molecule has 0 fully saturated rings. The lowest BCUT2D eigenvalue weighted by atomic mass is 10.1. The van der Waals surface area contributed by atoms with Gasteiger partial charge in [0.1, 0.15) is 5.75 Å². The maximum absolute atomic E-state index is 13.0. The molecule has 0 aromatic heterocycles. The molecule has 0 radical (unpaired) electrons. The van der Waals surface area contributed by atoms with Crippen LogP contribution in [0.1, 0.15) is 37.4 Å². The van der Waals surface area contributed by atoms with Gasteiger partial charge >= 0.3 is 0 Å². The lowest BCUT2D eigenvalue weighted by molar-refractivity contribution is 0.0949. The molecule has 152 valence electrons. The summed E-state index contributed by atoms with van der Waals surface area (Å²) >= 11 is 0. The van der Waals surface area contributed by atoms with Gasteiger partial charge in [-0.05, 0) is 66.9 Å². The van der Waals surface area contributed by atoms with E-state index >= 15 is 0 Å². The predicted octanol–water partition coefficient (Wildman–Crippen LogP) is 4.14. The van der Waals surface area contributed by atoms with Gasteiger partial charge < -0.3 is 15.0 Å². The van der Waals surface area contributed by atoms with E-state index in [0.717, 1.165) is 34.5 Å². The molecule has 2 amide bonds. The summed E-state index contributed by atoms with van der Waals surface area (Å²) in [7, 11) is 1.60. The number of benzene rings is 3. The Morgan fingerprint density at radius 2 is 1.80 bits per heavy atom. The number of hydrogen-bond acceptors (Lipinski definition) is 3. The number of fused-ring (bicyclic) bond motifs is 1. The molecule has 0 saturated heterocycles. The number of hydrogen-bond donors (Lipinski definition) is 1. The molecule has 5 nitrogen and oxygen atoms in total. The van der Waals surface area contributed by atoms with E-state index in [9.17, 15) is 9.59 Å². The first-order valence-corrected chi connectivity index (χ1v) is 9.98. The maximum Gasteiger partial charge on any atom is 0.258 e. The van der Waals surface area contributed by atoms with Crippen LogP contribution in [-0.4, -0.2) is 25.5 Å². The Morgan fingerprint density at radius 3 is 2.53 bits per heavy atom. The topological polar surface area (TPSA) is 58.6 Å². The van der Waals surface area contributed by atoms with Crippen molar-refractivity contribution in [3.05, 3.63) is 94.5 Å². The second-order valence-corrected chi connectivity index (χ2v) is 7.45. The zero-order valence-corrected chi connectivity index (χ0v) is 17.1. The first-order chi connectivity index (χ1) is 14.5. The highest BCUT2D eigenvalue weighted by atomic mass is 16.5. The van der Waals surface area contributed by atoms with Crippen LogP contribution in [0, 0.1) is 6.92 Å². The molecule has 1 heterocycles. The molecule has 0 aliphatic carbocycles. The van der Waals surface area contributed by atoms with Gasteiger partial charge in [0, 0.05) is 29.9 Å². The standard InChI is InChI=1S/C25H24N2O3/c1-17-4-3-5-21(14-17)24(28)26-16-18-6-7-19-12-13-27(23(19)15-18)25(29)20-8-10-22(30-2)11-9-20/h3-11,14-15H,12-13,16H2,1-2H3,(H,26,28). The molecule has 1 N–H and O–H groups in total. The van der Waals surface area contributed by atoms with Crippen molar-refractivity contribution in [2.24, 2.45) is 0 Å². The molecule has 0 spiro atoms. The van der Waals surface area contributed by atoms with Crippen LogP contribution in [0.25, 0.3) is 0 Å². The molecule has 0 unspecified atom stereocenters. The third kappa shape index (κ3) is 4.06. The fraction of sp³-hybridized carbons (Fsp3) is 0.200. The van der Waals surface area contributed by atoms with Gasteiger partial charge in [-0.15, -0.1) is 0 Å². The van der Waals surface area contributed by atoms with Crippen LogP contribution in [0.5, 0.6) is 5.75 Å². The SMILES string of the molecule is COc1ccc(C(=O)N2CCc3ccc(CNC(=O)c4cccc(C)c4)cc32)cc1. The van der Waals surface area contributed by atoms with Gasteiger partial charge in [-0.2, -0.15) is 0 Å². The van der Waals surface area contributed by atoms with Crippen molar-refractivity contribution in [1.82, 2.24) is 5.32 Å². The summed E-state index contributed by atoms with van der Waals surface area (Å²) in [6, 6.07) is 20.7. The van der Waals surface area contributed by atoms with Gasteiger partial charge in [0.25, 0.3) is 11.8 Å². The van der Waals surface area contributed by atoms with Gasteiger partial charge in [0.2, 0.25) is 0 Å². The number of anilines is 1. The summed E-state index contributed by atoms with van der Waals surface area (Å²) < 4.78 is 5.17. The monoisotopic (exact) mass is 400 g/mol.